The number of nitrogens with one attached hydrogen (secondary N) is 1. The lowest BCUT2D eigenvalue weighted by Gasteiger charge is -2.26. The second-order valence-electron chi connectivity index (χ2n) is 9.50. The van der Waals surface area contributed by atoms with Crippen molar-refractivity contribution in [3.63, 3.8) is 0 Å². The number of anilines is 1. The Morgan fingerprint density at radius 3 is 2.59 bits per heavy atom. The van der Waals surface area contributed by atoms with Gasteiger partial charge in [0, 0.05) is 35.9 Å². The van der Waals surface area contributed by atoms with E-state index in [9.17, 15) is 26.3 Å². The lowest BCUT2D eigenvalue weighted by atomic mass is 9.88. The molecule has 0 fully saturated rings. The SMILES string of the molecule is CC1C=C(Nc2nc(CN3C=NCCC3)nc3cc(-c4ncccc4C(F)(F)F)ccc23)C=CC1C(F)(F)F. The summed E-state index contributed by atoms with van der Waals surface area (Å²) in [7, 11) is 0. The quantitative estimate of drug-likeness (QED) is 0.364. The number of pyridine rings is 1. The normalized spacial score (nSPS) is 19.9. The van der Waals surface area contributed by atoms with E-state index in [0.717, 1.165) is 25.1 Å². The molecule has 204 valence electrons. The van der Waals surface area contributed by atoms with E-state index in [2.05, 4.69) is 25.3 Å². The first-order valence-corrected chi connectivity index (χ1v) is 12.3. The van der Waals surface area contributed by atoms with E-state index in [0.29, 0.717) is 41.3 Å². The molecule has 39 heavy (non-hydrogen) atoms. The standard InChI is InChI=1S/C27H24F6N6/c1-16-12-18(6-8-20(16)26(28,29)30)36-25-19-7-5-17(24-21(27(31,32)33)4-2-10-35-24)13-22(19)37-23(38-25)14-39-11-3-9-34-15-39/h2,4-8,10,12-13,15-16,20H,3,9,11,14H2,1H3,(H,36,37,38). The van der Waals surface area contributed by atoms with Crippen LogP contribution in [-0.2, 0) is 12.7 Å². The van der Waals surface area contributed by atoms with Gasteiger partial charge in [0.15, 0.2) is 5.82 Å². The van der Waals surface area contributed by atoms with Crippen molar-refractivity contribution in [2.45, 2.75) is 32.2 Å². The van der Waals surface area contributed by atoms with Gasteiger partial charge in [0.1, 0.15) is 5.82 Å². The molecule has 2 aromatic heterocycles. The van der Waals surface area contributed by atoms with Gasteiger partial charge in [-0.2, -0.15) is 26.3 Å². The minimum Gasteiger partial charge on any atom is -0.355 e. The van der Waals surface area contributed by atoms with Crippen molar-refractivity contribution < 1.29 is 26.3 Å². The third-order valence-electron chi connectivity index (χ3n) is 6.58. The molecule has 0 spiro atoms. The Hall–Kier alpha value is -3.96. The molecule has 1 aliphatic heterocycles. The van der Waals surface area contributed by atoms with Crippen LogP contribution in [0.4, 0.5) is 32.2 Å². The summed E-state index contributed by atoms with van der Waals surface area (Å²) in [6.45, 7) is 3.24. The molecule has 12 heteroatoms. The van der Waals surface area contributed by atoms with Gasteiger partial charge in [-0.05, 0) is 42.7 Å². The van der Waals surface area contributed by atoms with E-state index in [1.807, 2.05) is 4.90 Å². The molecular formula is C27H24F6N6. The zero-order valence-electron chi connectivity index (χ0n) is 20.8. The summed E-state index contributed by atoms with van der Waals surface area (Å²) in [5.41, 5.74) is -0.0677. The third kappa shape index (κ3) is 5.89. The fraction of sp³-hybridized carbons (Fsp3) is 0.333. The van der Waals surface area contributed by atoms with Crippen molar-refractivity contribution >= 4 is 23.1 Å². The Morgan fingerprint density at radius 2 is 1.90 bits per heavy atom. The van der Waals surface area contributed by atoms with E-state index in [1.165, 1.54) is 43.5 Å². The van der Waals surface area contributed by atoms with Crippen molar-refractivity contribution in [1.82, 2.24) is 19.9 Å². The van der Waals surface area contributed by atoms with Gasteiger partial charge in [-0.1, -0.05) is 25.1 Å². The number of rotatable bonds is 5. The number of aromatic nitrogens is 3. The molecular weight excluding hydrogens is 522 g/mol. The van der Waals surface area contributed by atoms with Crippen molar-refractivity contribution in [1.29, 1.82) is 0 Å². The average molecular weight is 547 g/mol. The van der Waals surface area contributed by atoms with Crippen LogP contribution >= 0.6 is 0 Å². The number of aliphatic imine (C=N–C) groups is 1. The summed E-state index contributed by atoms with van der Waals surface area (Å²) < 4.78 is 80.9. The maximum absolute atomic E-state index is 13.7. The summed E-state index contributed by atoms with van der Waals surface area (Å²) in [6, 6.07) is 6.80. The van der Waals surface area contributed by atoms with Crippen molar-refractivity contribution in [2.24, 2.45) is 16.8 Å². The van der Waals surface area contributed by atoms with Crippen LogP contribution in [0, 0.1) is 11.8 Å². The van der Waals surface area contributed by atoms with Crippen molar-refractivity contribution in [2.75, 3.05) is 18.4 Å². The van der Waals surface area contributed by atoms with Gasteiger partial charge in [-0.3, -0.25) is 9.98 Å². The molecule has 6 nitrogen and oxygen atoms in total. The molecule has 0 saturated heterocycles. The highest BCUT2D eigenvalue weighted by atomic mass is 19.4. The van der Waals surface area contributed by atoms with Crippen LogP contribution < -0.4 is 5.32 Å². The van der Waals surface area contributed by atoms with E-state index >= 15 is 0 Å². The Kier molecular flexibility index (Phi) is 7.04. The van der Waals surface area contributed by atoms with Crippen LogP contribution in [0.2, 0.25) is 0 Å². The first-order valence-electron chi connectivity index (χ1n) is 12.3. The molecule has 3 aromatic rings. The third-order valence-corrected chi connectivity index (χ3v) is 6.58. The van der Waals surface area contributed by atoms with E-state index < -0.39 is 29.8 Å². The monoisotopic (exact) mass is 546 g/mol. The average Bonchev–Trinajstić information content (AvgIpc) is 2.88. The number of allylic oxidation sites excluding steroid dienone is 3. The van der Waals surface area contributed by atoms with Crippen LogP contribution in [0.3, 0.4) is 0 Å². The number of benzene rings is 1. The Labute approximate surface area is 220 Å². The topological polar surface area (TPSA) is 66.3 Å². The Morgan fingerprint density at radius 1 is 1.08 bits per heavy atom. The zero-order chi connectivity index (χ0) is 27.8. The molecule has 2 unspecified atom stereocenters. The largest absolute Gasteiger partial charge is 0.418 e. The molecule has 0 amide bonds. The first-order chi connectivity index (χ1) is 18.5. The predicted molar refractivity (Wildman–Crippen MR) is 136 cm³/mol. The second-order valence-corrected chi connectivity index (χ2v) is 9.50. The summed E-state index contributed by atoms with van der Waals surface area (Å²) in [6.07, 6.45) is -1.15. The summed E-state index contributed by atoms with van der Waals surface area (Å²) >= 11 is 0. The number of alkyl halides is 6. The number of nitrogens with zero attached hydrogens (tertiary/aromatic N) is 5. The van der Waals surface area contributed by atoms with Crippen molar-refractivity contribution in [3.05, 3.63) is 71.8 Å². The molecule has 1 aromatic carbocycles. The van der Waals surface area contributed by atoms with Gasteiger partial charge in [0.2, 0.25) is 0 Å². The fourth-order valence-electron chi connectivity index (χ4n) is 4.70. The van der Waals surface area contributed by atoms with Gasteiger partial charge < -0.3 is 10.2 Å². The minimum absolute atomic E-state index is 0.226. The summed E-state index contributed by atoms with van der Waals surface area (Å²) in [4.78, 5) is 19.4. The maximum atomic E-state index is 13.7. The first kappa shape index (κ1) is 26.6. The highest BCUT2D eigenvalue weighted by Gasteiger charge is 2.41. The minimum atomic E-state index is -4.60. The Balaban J connectivity index is 1.56. The zero-order valence-corrected chi connectivity index (χ0v) is 20.8. The summed E-state index contributed by atoms with van der Waals surface area (Å²) in [5, 5.41) is 3.61. The molecule has 1 aliphatic carbocycles. The van der Waals surface area contributed by atoms with E-state index in [4.69, 9.17) is 0 Å². The Bertz CT molecular complexity index is 1460. The van der Waals surface area contributed by atoms with Crippen LogP contribution in [0.1, 0.15) is 24.7 Å². The van der Waals surface area contributed by atoms with E-state index in [-0.39, 0.29) is 11.3 Å². The van der Waals surface area contributed by atoms with Gasteiger partial charge >= 0.3 is 12.4 Å². The molecule has 3 heterocycles. The van der Waals surface area contributed by atoms with E-state index in [1.54, 1.807) is 12.4 Å². The molecule has 2 atom stereocenters. The summed E-state index contributed by atoms with van der Waals surface area (Å²) in [5.74, 6) is -1.68. The molecule has 0 saturated carbocycles. The predicted octanol–water partition coefficient (Wildman–Crippen LogP) is 6.62. The lowest BCUT2D eigenvalue weighted by molar-refractivity contribution is -0.169. The maximum Gasteiger partial charge on any atom is 0.418 e. The molecule has 0 radical (unpaired) electrons. The smallest absolute Gasteiger partial charge is 0.355 e. The van der Waals surface area contributed by atoms with Crippen molar-refractivity contribution in [3.8, 4) is 11.3 Å². The molecule has 0 bridgehead atoms. The second kappa shape index (κ2) is 10.3. The number of hydrogen-bond acceptors (Lipinski definition) is 6. The number of fused-ring (bicyclic) bond motifs is 1. The van der Waals surface area contributed by atoms with Crippen LogP contribution in [-0.4, -0.2) is 45.5 Å². The molecule has 1 N–H and O–H groups in total. The fourth-order valence-corrected chi connectivity index (χ4v) is 4.70. The van der Waals surface area contributed by atoms with Crippen LogP contribution in [0.25, 0.3) is 22.2 Å². The lowest BCUT2D eigenvalue weighted by Crippen LogP contribution is -2.28. The highest BCUT2D eigenvalue weighted by molar-refractivity contribution is 5.93. The van der Waals surface area contributed by atoms with Gasteiger partial charge in [-0.15, -0.1) is 0 Å². The number of halogens is 6. The van der Waals surface area contributed by atoms with Crippen LogP contribution in [0.15, 0.2) is 65.4 Å². The van der Waals surface area contributed by atoms with Gasteiger partial charge in [-0.25, -0.2) is 9.97 Å². The van der Waals surface area contributed by atoms with Crippen LogP contribution in [0.5, 0.6) is 0 Å². The number of hydrogen-bond donors (Lipinski definition) is 1. The van der Waals surface area contributed by atoms with Gasteiger partial charge in [0.25, 0.3) is 0 Å². The van der Waals surface area contributed by atoms with Gasteiger partial charge in [0.05, 0.1) is 35.6 Å². The molecule has 5 rings (SSSR count). The molecule has 2 aliphatic rings. The highest BCUT2D eigenvalue weighted by Crippen LogP contribution is 2.39.